The van der Waals surface area contributed by atoms with Gasteiger partial charge in [-0.3, -0.25) is 9.48 Å². The lowest BCUT2D eigenvalue weighted by Crippen LogP contribution is -2.40. The van der Waals surface area contributed by atoms with E-state index in [2.05, 4.69) is 5.10 Å². The molecule has 0 radical (unpaired) electrons. The summed E-state index contributed by atoms with van der Waals surface area (Å²) in [6.07, 6.45) is 6.98. The molecule has 1 heterocycles. The van der Waals surface area contributed by atoms with Crippen molar-refractivity contribution in [3.63, 3.8) is 0 Å². The summed E-state index contributed by atoms with van der Waals surface area (Å²) in [5.41, 5.74) is 0. The second-order valence-electron chi connectivity index (χ2n) is 4.19. The zero-order valence-corrected chi connectivity index (χ0v) is 10.1. The van der Waals surface area contributed by atoms with Gasteiger partial charge in [-0.15, -0.1) is 11.6 Å². The van der Waals surface area contributed by atoms with Crippen LogP contribution in [0.5, 0.6) is 0 Å². The number of likely N-dealkylation sites (N-methyl/N-ethyl adjacent to an activating group) is 1. The molecule has 2 atom stereocenters. The maximum atomic E-state index is 11.6. The fourth-order valence-corrected chi connectivity index (χ4v) is 2.63. The van der Waals surface area contributed by atoms with Crippen LogP contribution in [-0.4, -0.2) is 39.6 Å². The highest BCUT2D eigenvalue weighted by atomic mass is 35.5. The molecule has 0 saturated heterocycles. The van der Waals surface area contributed by atoms with E-state index in [1.165, 1.54) is 0 Å². The Balaban J connectivity index is 2.12. The summed E-state index contributed by atoms with van der Waals surface area (Å²) < 4.78 is 1.95. The molecule has 1 aromatic heterocycles. The van der Waals surface area contributed by atoms with Crippen molar-refractivity contribution in [2.75, 3.05) is 12.9 Å². The van der Waals surface area contributed by atoms with Gasteiger partial charge < -0.3 is 4.90 Å². The summed E-state index contributed by atoms with van der Waals surface area (Å²) in [5, 5.41) is 4.26. The van der Waals surface area contributed by atoms with Crippen LogP contribution >= 0.6 is 11.6 Å². The van der Waals surface area contributed by atoms with Crippen molar-refractivity contribution in [1.29, 1.82) is 0 Å². The van der Waals surface area contributed by atoms with Gasteiger partial charge in [0.1, 0.15) is 5.88 Å². The van der Waals surface area contributed by atoms with Gasteiger partial charge in [0.25, 0.3) is 0 Å². The molecule has 1 saturated carbocycles. The molecule has 1 fully saturated rings. The highest BCUT2D eigenvalue weighted by Crippen LogP contribution is 2.32. The molecule has 16 heavy (non-hydrogen) atoms. The van der Waals surface area contributed by atoms with Crippen molar-refractivity contribution in [3.8, 4) is 0 Å². The van der Waals surface area contributed by atoms with Crippen LogP contribution < -0.4 is 0 Å². The molecule has 0 bridgehead atoms. The Morgan fingerprint density at radius 1 is 1.62 bits per heavy atom. The number of alkyl halides is 1. The molecule has 4 nitrogen and oxygen atoms in total. The topological polar surface area (TPSA) is 38.1 Å². The minimum atomic E-state index is -0.00859. The first-order valence-corrected chi connectivity index (χ1v) is 6.08. The van der Waals surface area contributed by atoms with Gasteiger partial charge in [-0.25, -0.2) is 0 Å². The lowest BCUT2D eigenvalue weighted by molar-refractivity contribution is -0.129. The van der Waals surface area contributed by atoms with Crippen molar-refractivity contribution < 1.29 is 4.79 Å². The van der Waals surface area contributed by atoms with E-state index in [9.17, 15) is 4.79 Å². The molecular formula is C11H16ClN3O. The maximum absolute atomic E-state index is 11.6. The summed E-state index contributed by atoms with van der Waals surface area (Å²) in [7, 11) is 1.83. The van der Waals surface area contributed by atoms with Crippen LogP contribution in [0.15, 0.2) is 18.5 Å². The van der Waals surface area contributed by atoms with Crippen molar-refractivity contribution >= 4 is 17.5 Å². The van der Waals surface area contributed by atoms with E-state index in [0.29, 0.717) is 6.04 Å². The Morgan fingerprint density at radius 3 is 3.06 bits per heavy atom. The number of carbonyl (C=O) groups is 1. The second-order valence-corrected chi connectivity index (χ2v) is 4.46. The Bertz CT molecular complexity index is 352. The molecule has 2 rings (SSSR count). The van der Waals surface area contributed by atoms with E-state index in [-0.39, 0.29) is 17.8 Å². The lowest BCUT2D eigenvalue weighted by atomic mass is 10.1. The van der Waals surface area contributed by atoms with Crippen molar-refractivity contribution in [3.05, 3.63) is 18.5 Å². The Hall–Kier alpha value is -1.03. The van der Waals surface area contributed by atoms with Crippen LogP contribution in [0.4, 0.5) is 0 Å². The number of amides is 1. The lowest BCUT2D eigenvalue weighted by Gasteiger charge is -2.29. The maximum Gasteiger partial charge on any atom is 0.237 e. The number of aromatic nitrogens is 2. The normalized spacial score (nSPS) is 24.6. The summed E-state index contributed by atoms with van der Waals surface area (Å²) in [6.45, 7) is 0. The zero-order chi connectivity index (χ0) is 11.5. The largest absolute Gasteiger partial charge is 0.340 e. The Morgan fingerprint density at radius 2 is 2.44 bits per heavy atom. The summed E-state index contributed by atoms with van der Waals surface area (Å²) in [4.78, 5) is 13.3. The number of carbonyl (C=O) groups excluding carboxylic acids is 1. The number of nitrogens with zero attached hydrogens (tertiary/aromatic N) is 3. The third-order valence-corrected chi connectivity index (χ3v) is 3.54. The van der Waals surface area contributed by atoms with E-state index in [1.54, 1.807) is 11.1 Å². The van der Waals surface area contributed by atoms with Gasteiger partial charge in [0.05, 0.1) is 12.1 Å². The highest BCUT2D eigenvalue weighted by molar-refractivity contribution is 6.27. The van der Waals surface area contributed by atoms with Gasteiger partial charge in [-0.2, -0.15) is 5.10 Å². The molecule has 0 aromatic carbocycles. The van der Waals surface area contributed by atoms with Crippen LogP contribution in [0.3, 0.4) is 0 Å². The molecule has 2 unspecified atom stereocenters. The van der Waals surface area contributed by atoms with Crippen LogP contribution in [0.25, 0.3) is 0 Å². The predicted molar refractivity (Wildman–Crippen MR) is 62.4 cm³/mol. The van der Waals surface area contributed by atoms with Gasteiger partial charge in [-0.1, -0.05) is 0 Å². The van der Waals surface area contributed by atoms with Crippen LogP contribution in [0.1, 0.15) is 25.3 Å². The monoisotopic (exact) mass is 241 g/mol. The van der Waals surface area contributed by atoms with Crippen LogP contribution in [0, 0.1) is 0 Å². The number of rotatable bonds is 3. The third kappa shape index (κ3) is 2.07. The first-order chi connectivity index (χ1) is 7.74. The van der Waals surface area contributed by atoms with Crippen LogP contribution in [-0.2, 0) is 4.79 Å². The molecule has 1 aliphatic rings. The minimum Gasteiger partial charge on any atom is -0.340 e. The summed E-state index contributed by atoms with van der Waals surface area (Å²) in [6, 6.07) is 2.44. The number of hydrogen-bond donors (Lipinski definition) is 0. The average molecular weight is 242 g/mol. The van der Waals surface area contributed by atoms with Gasteiger partial charge >= 0.3 is 0 Å². The van der Waals surface area contributed by atoms with E-state index in [4.69, 9.17) is 11.6 Å². The van der Waals surface area contributed by atoms with E-state index < -0.39 is 0 Å². The molecule has 0 aliphatic heterocycles. The molecule has 0 N–H and O–H groups in total. The fraction of sp³-hybridized carbons (Fsp3) is 0.636. The standard InChI is InChI=1S/C11H16ClN3O/c1-14(11(16)8-12)9-4-2-5-10(9)15-7-3-6-13-15/h3,6-7,9-10H,2,4-5,8H2,1H3. The van der Waals surface area contributed by atoms with E-state index in [0.717, 1.165) is 19.3 Å². The van der Waals surface area contributed by atoms with Crippen molar-refractivity contribution in [2.45, 2.75) is 31.3 Å². The molecule has 0 spiro atoms. The van der Waals surface area contributed by atoms with Crippen LogP contribution in [0.2, 0.25) is 0 Å². The smallest absolute Gasteiger partial charge is 0.237 e. The quantitative estimate of drug-likeness (QED) is 0.756. The van der Waals surface area contributed by atoms with Gasteiger partial charge in [-0.05, 0) is 25.3 Å². The summed E-state index contributed by atoms with van der Waals surface area (Å²) in [5.74, 6) is 0.0458. The number of halogens is 1. The minimum absolute atomic E-state index is 0.00859. The first-order valence-electron chi connectivity index (χ1n) is 5.55. The van der Waals surface area contributed by atoms with E-state index in [1.807, 2.05) is 24.0 Å². The van der Waals surface area contributed by atoms with Crippen molar-refractivity contribution in [2.24, 2.45) is 0 Å². The van der Waals surface area contributed by atoms with E-state index >= 15 is 0 Å². The van der Waals surface area contributed by atoms with Gasteiger partial charge in [0, 0.05) is 19.4 Å². The highest BCUT2D eigenvalue weighted by Gasteiger charge is 2.33. The molecule has 1 aliphatic carbocycles. The van der Waals surface area contributed by atoms with Crippen molar-refractivity contribution in [1.82, 2.24) is 14.7 Å². The molecule has 88 valence electrons. The number of hydrogen-bond acceptors (Lipinski definition) is 2. The molecule has 5 heteroatoms. The Kier molecular flexibility index (Phi) is 3.49. The zero-order valence-electron chi connectivity index (χ0n) is 9.34. The first kappa shape index (κ1) is 11.5. The fourth-order valence-electron chi connectivity index (χ4n) is 2.44. The average Bonchev–Trinajstić information content (AvgIpc) is 2.95. The molecular weight excluding hydrogens is 226 g/mol. The van der Waals surface area contributed by atoms with Gasteiger partial charge in [0.2, 0.25) is 5.91 Å². The third-order valence-electron chi connectivity index (χ3n) is 3.31. The summed E-state index contributed by atoms with van der Waals surface area (Å²) >= 11 is 5.58. The Labute approximate surface area is 100 Å². The second kappa shape index (κ2) is 4.87. The molecule has 1 amide bonds. The SMILES string of the molecule is CN(C(=O)CCl)C1CCCC1n1cccn1. The molecule has 1 aromatic rings. The van der Waals surface area contributed by atoms with Gasteiger partial charge in [0.15, 0.2) is 0 Å². The predicted octanol–water partition coefficient (Wildman–Crippen LogP) is 1.67.